The molecule has 1 aromatic rings. The van der Waals surface area contributed by atoms with E-state index in [0.717, 1.165) is 36.6 Å². The molecular weight excluding hydrogens is 490 g/mol. The molecule has 0 fully saturated rings. The van der Waals surface area contributed by atoms with Gasteiger partial charge < -0.3 is 21.1 Å². The summed E-state index contributed by atoms with van der Waals surface area (Å²) < 4.78 is 6.29. The standard InChI is InChI=1S/C24H36BrN3O5/c1-4-5-6-7-8-9-21(30)28-19(16-20(26)29)22(31)27-15-14-24(2,3)23(32)33-18-12-10-17(25)11-13-18/h10-13,19H,4-9,14-16H2,1-3H3,(H2,26,29)(H,27,31)(H,28,30)/t19-/m1/s1. The van der Waals surface area contributed by atoms with Gasteiger partial charge in [-0.2, -0.15) is 0 Å². The summed E-state index contributed by atoms with van der Waals surface area (Å²) in [6.45, 7) is 5.73. The highest BCUT2D eigenvalue weighted by molar-refractivity contribution is 9.10. The molecule has 0 saturated carbocycles. The smallest absolute Gasteiger partial charge is 0.316 e. The molecule has 1 aromatic carbocycles. The van der Waals surface area contributed by atoms with Crippen LogP contribution in [0.25, 0.3) is 0 Å². The number of nitrogens with one attached hydrogen (secondary N) is 2. The predicted molar refractivity (Wildman–Crippen MR) is 130 cm³/mol. The molecule has 1 atom stereocenters. The zero-order valence-electron chi connectivity index (χ0n) is 19.7. The highest BCUT2D eigenvalue weighted by Crippen LogP contribution is 2.24. The maximum absolute atomic E-state index is 12.6. The fourth-order valence-electron chi connectivity index (χ4n) is 3.04. The third kappa shape index (κ3) is 11.8. The molecule has 8 nitrogen and oxygen atoms in total. The summed E-state index contributed by atoms with van der Waals surface area (Å²) in [4.78, 5) is 48.6. The molecule has 0 aliphatic carbocycles. The average Bonchev–Trinajstić information content (AvgIpc) is 2.74. The van der Waals surface area contributed by atoms with E-state index in [1.807, 2.05) is 0 Å². The third-order valence-electron chi connectivity index (χ3n) is 5.19. The van der Waals surface area contributed by atoms with Gasteiger partial charge in [-0.1, -0.05) is 48.5 Å². The van der Waals surface area contributed by atoms with Crippen molar-refractivity contribution in [1.82, 2.24) is 10.6 Å². The Labute approximate surface area is 204 Å². The number of halogens is 1. The Morgan fingerprint density at radius 1 is 1.06 bits per heavy atom. The lowest BCUT2D eigenvalue weighted by atomic mass is 9.89. The number of benzene rings is 1. The zero-order valence-corrected chi connectivity index (χ0v) is 21.3. The summed E-state index contributed by atoms with van der Waals surface area (Å²) in [6.07, 6.45) is 5.29. The number of esters is 1. The molecule has 3 amide bonds. The molecule has 0 radical (unpaired) electrons. The van der Waals surface area contributed by atoms with Crippen LogP contribution >= 0.6 is 15.9 Å². The molecule has 0 aromatic heterocycles. The van der Waals surface area contributed by atoms with Crippen molar-refractivity contribution < 1.29 is 23.9 Å². The SMILES string of the molecule is CCCCCCCC(=O)N[C@H](CC(N)=O)C(=O)NCCC(C)(C)C(=O)Oc1ccc(Br)cc1. The normalized spacial score (nSPS) is 12.0. The second-order valence-electron chi connectivity index (χ2n) is 8.72. The summed E-state index contributed by atoms with van der Waals surface area (Å²) in [5, 5.41) is 5.28. The number of carbonyl (C=O) groups excluding carboxylic acids is 4. The molecule has 1 rings (SSSR count). The Hall–Kier alpha value is -2.42. The van der Waals surface area contributed by atoms with Crippen LogP contribution in [0.5, 0.6) is 5.75 Å². The number of nitrogens with two attached hydrogens (primary N) is 1. The quantitative estimate of drug-likeness (QED) is 0.183. The number of ether oxygens (including phenoxy) is 1. The Balaban J connectivity index is 2.52. The first-order chi connectivity index (χ1) is 15.5. The number of hydrogen-bond donors (Lipinski definition) is 3. The predicted octanol–water partition coefficient (Wildman–Crippen LogP) is 3.61. The van der Waals surface area contributed by atoms with E-state index >= 15 is 0 Å². The largest absolute Gasteiger partial charge is 0.426 e. The van der Waals surface area contributed by atoms with Gasteiger partial charge in [0.05, 0.1) is 11.8 Å². The minimum absolute atomic E-state index is 0.170. The summed E-state index contributed by atoms with van der Waals surface area (Å²) in [5.41, 5.74) is 4.39. The first kappa shape index (κ1) is 28.6. The second kappa shape index (κ2) is 14.7. The number of unbranched alkanes of at least 4 members (excludes halogenated alkanes) is 4. The van der Waals surface area contributed by atoms with Crippen molar-refractivity contribution in [3.8, 4) is 5.75 Å². The molecule has 4 N–H and O–H groups in total. The van der Waals surface area contributed by atoms with Crippen molar-refractivity contribution in [1.29, 1.82) is 0 Å². The molecule has 0 spiro atoms. The minimum atomic E-state index is -1.04. The summed E-state index contributed by atoms with van der Waals surface area (Å²) >= 11 is 3.33. The van der Waals surface area contributed by atoms with Crippen LogP contribution in [0, 0.1) is 5.41 Å². The van der Waals surface area contributed by atoms with Crippen LogP contribution in [0.15, 0.2) is 28.7 Å². The van der Waals surface area contributed by atoms with Crippen LogP contribution in [-0.2, 0) is 19.2 Å². The molecule has 184 valence electrons. The molecular formula is C24H36BrN3O5. The van der Waals surface area contributed by atoms with Crippen LogP contribution in [-0.4, -0.2) is 36.3 Å². The van der Waals surface area contributed by atoms with Gasteiger partial charge in [-0.15, -0.1) is 0 Å². The van der Waals surface area contributed by atoms with Gasteiger partial charge in [0.1, 0.15) is 11.8 Å². The van der Waals surface area contributed by atoms with E-state index in [9.17, 15) is 19.2 Å². The van der Waals surface area contributed by atoms with Gasteiger partial charge in [0.2, 0.25) is 17.7 Å². The fraction of sp³-hybridized carbons (Fsp3) is 0.583. The zero-order chi connectivity index (χ0) is 24.9. The van der Waals surface area contributed by atoms with Crippen molar-refractivity contribution in [2.24, 2.45) is 11.1 Å². The summed E-state index contributed by atoms with van der Waals surface area (Å²) in [5.74, 6) is -1.48. The Kier molecular flexibility index (Phi) is 12.7. The highest BCUT2D eigenvalue weighted by Gasteiger charge is 2.30. The third-order valence-corrected chi connectivity index (χ3v) is 5.72. The number of hydrogen-bond acceptors (Lipinski definition) is 5. The molecule has 0 aliphatic rings. The van der Waals surface area contributed by atoms with Crippen molar-refractivity contribution in [2.75, 3.05) is 6.54 Å². The first-order valence-electron chi connectivity index (χ1n) is 11.4. The lowest BCUT2D eigenvalue weighted by Gasteiger charge is -2.23. The first-order valence-corrected chi connectivity index (χ1v) is 12.2. The average molecular weight is 526 g/mol. The minimum Gasteiger partial charge on any atom is -0.426 e. The van der Waals surface area contributed by atoms with Gasteiger partial charge in [0.15, 0.2) is 0 Å². The van der Waals surface area contributed by atoms with Gasteiger partial charge >= 0.3 is 5.97 Å². The van der Waals surface area contributed by atoms with E-state index in [1.165, 1.54) is 0 Å². The van der Waals surface area contributed by atoms with E-state index < -0.39 is 29.2 Å². The number of rotatable bonds is 15. The number of primary amides is 1. The molecule has 0 saturated heterocycles. The fourth-order valence-corrected chi connectivity index (χ4v) is 3.30. The lowest BCUT2D eigenvalue weighted by Crippen LogP contribution is -2.49. The van der Waals surface area contributed by atoms with Crippen molar-refractivity contribution in [3.05, 3.63) is 28.7 Å². The van der Waals surface area contributed by atoms with E-state index in [4.69, 9.17) is 10.5 Å². The maximum atomic E-state index is 12.6. The Bertz CT molecular complexity index is 796. The van der Waals surface area contributed by atoms with Crippen LogP contribution in [0.4, 0.5) is 0 Å². The van der Waals surface area contributed by atoms with E-state index in [1.54, 1.807) is 38.1 Å². The van der Waals surface area contributed by atoms with Gasteiger partial charge in [-0.05, 0) is 51.0 Å². The van der Waals surface area contributed by atoms with Gasteiger partial charge in [0, 0.05) is 17.4 Å². The van der Waals surface area contributed by atoms with Crippen LogP contribution in [0.1, 0.15) is 72.1 Å². The molecule has 33 heavy (non-hydrogen) atoms. The van der Waals surface area contributed by atoms with E-state index in [0.29, 0.717) is 18.6 Å². The van der Waals surface area contributed by atoms with Crippen molar-refractivity contribution in [2.45, 2.75) is 78.2 Å². The number of carbonyl (C=O) groups is 4. The second-order valence-corrected chi connectivity index (χ2v) is 9.64. The van der Waals surface area contributed by atoms with Crippen LogP contribution in [0.2, 0.25) is 0 Å². The lowest BCUT2D eigenvalue weighted by molar-refractivity contribution is -0.144. The highest BCUT2D eigenvalue weighted by atomic mass is 79.9. The van der Waals surface area contributed by atoms with Gasteiger partial charge in [0.25, 0.3) is 0 Å². The molecule has 9 heteroatoms. The van der Waals surface area contributed by atoms with Gasteiger partial charge in [-0.25, -0.2) is 0 Å². The molecule has 0 unspecified atom stereocenters. The summed E-state index contributed by atoms with van der Waals surface area (Å²) in [7, 11) is 0. The topological polar surface area (TPSA) is 128 Å². The summed E-state index contributed by atoms with van der Waals surface area (Å²) in [6, 6.07) is 5.87. The molecule has 0 bridgehead atoms. The van der Waals surface area contributed by atoms with Gasteiger partial charge in [-0.3, -0.25) is 19.2 Å². The monoisotopic (exact) mass is 525 g/mol. The van der Waals surface area contributed by atoms with Crippen LogP contribution in [0.3, 0.4) is 0 Å². The molecule has 0 heterocycles. The molecule has 0 aliphatic heterocycles. The number of amides is 3. The van der Waals surface area contributed by atoms with Crippen LogP contribution < -0.4 is 21.1 Å². The van der Waals surface area contributed by atoms with E-state index in [-0.39, 0.29) is 18.9 Å². The Morgan fingerprint density at radius 2 is 1.70 bits per heavy atom. The Morgan fingerprint density at radius 3 is 2.30 bits per heavy atom. The van der Waals surface area contributed by atoms with Crippen molar-refractivity contribution >= 4 is 39.6 Å². The van der Waals surface area contributed by atoms with Crippen molar-refractivity contribution in [3.63, 3.8) is 0 Å². The maximum Gasteiger partial charge on any atom is 0.316 e. The van der Waals surface area contributed by atoms with E-state index in [2.05, 4.69) is 33.5 Å².